The van der Waals surface area contributed by atoms with Crippen molar-refractivity contribution in [2.24, 2.45) is 0 Å². The number of rotatable bonds is 3. The van der Waals surface area contributed by atoms with Crippen molar-refractivity contribution in [2.75, 3.05) is 6.61 Å². The third kappa shape index (κ3) is 2.04. The highest BCUT2D eigenvalue weighted by Crippen LogP contribution is 2.31. The Bertz CT molecular complexity index is 365. The van der Waals surface area contributed by atoms with Gasteiger partial charge in [-0.1, -0.05) is 0 Å². The van der Waals surface area contributed by atoms with E-state index in [1.165, 1.54) is 6.07 Å². The largest absolute Gasteiger partial charge is 0.492 e. The quantitative estimate of drug-likeness (QED) is 0.911. The molecule has 3 nitrogen and oxygen atoms in total. The van der Waals surface area contributed by atoms with Gasteiger partial charge in [-0.15, -0.1) is 0 Å². The second-order valence-corrected chi connectivity index (χ2v) is 3.27. The number of carbonyl (C=O) groups is 1. The van der Waals surface area contributed by atoms with Gasteiger partial charge in [0.25, 0.3) is 0 Å². The molecule has 0 aliphatic heterocycles. The molecule has 0 aliphatic carbocycles. The van der Waals surface area contributed by atoms with Crippen LogP contribution in [0.4, 0.5) is 4.39 Å². The summed E-state index contributed by atoms with van der Waals surface area (Å²) in [6.07, 6.45) is 0. The summed E-state index contributed by atoms with van der Waals surface area (Å²) >= 11 is 2.94. The summed E-state index contributed by atoms with van der Waals surface area (Å²) in [7, 11) is 0. The molecule has 1 rings (SSSR count). The molecule has 5 heteroatoms. The normalized spacial score (nSPS) is 9.93. The minimum atomic E-state index is -1.14. The standard InChI is InChI=1S/C9H8BrFO3/c1-2-14-8-5(9(12)13)3-4-6(11)7(8)10/h3-4H,2H2,1H3,(H,12,13). The predicted octanol–water partition coefficient (Wildman–Crippen LogP) is 2.69. The highest BCUT2D eigenvalue weighted by Gasteiger charge is 2.17. The second kappa shape index (κ2) is 4.41. The number of aromatic carboxylic acids is 1. The number of benzene rings is 1. The first-order valence-corrected chi connectivity index (χ1v) is 4.71. The summed E-state index contributed by atoms with van der Waals surface area (Å²) in [5, 5.41) is 8.78. The zero-order chi connectivity index (χ0) is 10.7. The topological polar surface area (TPSA) is 46.5 Å². The molecule has 0 fully saturated rings. The van der Waals surface area contributed by atoms with Crippen LogP contribution in [0.15, 0.2) is 16.6 Å². The summed E-state index contributed by atoms with van der Waals surface area (Å²) in [6, 6.07) is 2.25. The van der Waals surface area contributed by atoms with Crippen LogP contribution in [0.5, 0.6) is 5.75 Å². The molecule has 14 heavy (non-hydrogen) atoms. The minimum absolute atomic E-state index is 0.0278. The Balaban J connectivity index is 3.29. The number of carboxylic acids is 1. The maximum Gasteiger partial charge on any atom is 0.339 e. The molecule has 0 aliphatic rings. The van der Waals surface area contributed by atoms with Gasteiger partial charge >= 0.3 is 5.97 Å². The molecule has 0 unspecified atom stereocenters. The predicted molar refractivity (Wildman–Crippen MR) is 52.2 cm³/mol. The van der Waals surface area contributed by atoms with Crippen molar-refractivity contribution in [1.82, 2.24) is 0 Å². The molecule has 0 amide bonds. The lowest BCUT2D eigenvalue weighted by molar-refractivity contribution is 0.0692. The maximum atomic E-state index is 13.0. The van der Waals surface area contributed by atoms with E-state index in [4.69, 9.17) is 9.84 Å². The van der Waals surface area contributed by atoms with Crippen molar-refractivity contribution in [3.63, 3.8) is 0 Å². The van der Waals surface area contributed by atoms with Crippen LogP contribution in [-0.2, 0) is 0 Å². The first-order chi connectivity index (χ1) is 6.57. The van der Waals surface area contributed by atoms with E-state index in [0.29, 0.717) is 0 Å². The van der Waals surface area contributed by atoms with Crippen LogP contribution >= 0.6 is 15.9 Å². The second-order valence-electron chi connectivity index (χ2n) is 2.48. The fourth-order valence-electron chi connectivity index (χ4n) is 0.986. The van der Waals surface area contributed by atoms with Crippen LogP contribution < -0.4 is 4.74 Å². The Morgan fingerprint density at radius 2 is 2.29 bits per heavy atom. The molecule has 1 aromatic carbocycles. The molecule has 0 heterocycles. The van der Waals surface area contributed by atoms with Crippen LogP contribution in [0, 0.1) is 5.82 Å². The maximum absolute atomic E-state index is 13.0. The van der Waals surface area contributed by atoms with Gasteiger partial charge in [0.05, 0.1) is 11.1 Å². The molecule has 0 saturated carbocycles. The molecule has 1 N–H and O–H groups in total. The average molecular weight is 263 g/mol. The van der Waals surface area contributed by atoms with E-state index in [1.807, 2.05) is 0 Å². The van der Waals surface area contributed by atoms with E-state index in [2.05, 4.69) is 15.9 Å². The first kappa shape index (κ1) is 11.0. The Morgan fingerprint density at radius 1 is 1.64 bits per heavy atom. The lowest BCUT2D eigenvalue weighted by Crippen LogP contribution is -2.04. The summed E-state index contributed by atoms with van der Waals surface area (Å²) < 4.78 is 18.1. The minimum Gasteiger partial charge on any atom is -0.492 e. The molecular formula is C9H8BrFO3. The van der Waals surface area contributed by atoms with Gasteiger partial charge in [0.2, 0.25) is 0 Å². The lowest BCUT2D eigenvalue weighted by Gasteiger charge is -2.09. The van der Waals surface area contributed by atoms with Crippen LogP contribution in [0.3, 0.4) is 0 Å². The molecule has 0 atom stereocenters. The Labute approximate surface area is 88.6 Å². The summed E-state index contributed by atoms with van der Waals surface area (Å²) in [5.41, 5.74) is -0.0554. The van der Waals surface area contributed by atoms with Gasteiger partial charge in [-0.25, -0.2) is 9.18 Å². The lowest BCUT2D eigenvalue weighted by atomic mass is 10.2. The summed E-state index contributed by atoms with van der Waals surface area (Å²) in [4.78, 5) is 10.7. The summed E-state index contributed by atoms with van der Waals surface area (Å²) in [6.45, 7) is 1.98. The van der Waals surface area contributed by atoms with Crippen molar-refractivity contribution in [2.45, 2.75) is 6.92 Å². The van der Waals surface area contributed by atoms with E-state index in [-0.39, 0.29) is 22.4 Å². The van der Waals surface area contributed by atoms with Crippen molar-refractivity contribution in [1.29, 1.82) is 0 Å². The Hall–Kier alpha value is -1.10. The van der Waals surface area contributed by atoms with Gasteiger partial charge in [-0.05, 0) is 35.0 Å². The number of carboxylic acid groups (broad SMARTS) is 1. The molecule has 0 bridgehead atoms. The fourth-order valence-corrected chi connectivity index (χ4v) is 1.45. The number of halogens is 2. The molecule has 0 radical (unpaired) electrons. The van der Waals surface area contributed by atoms with Crippen molar-refractivity contribution < 1.29 is 19.0 Å². The van der Waals surface area contributed by atoms with Crippen LogP contribution in [0.2, 0.25) is 0 Å². The zero-order valence-electron chi connectivity index (χ0n) is 7.38. The number of hydrogen-bond donors (Lipinski definition) is 1. The third-order valence-electron chi connectivity index (χ3n) is 1.57. The number of ether oxygens (including phenoxy) is 1. The van der Waals surface area contributed by atoms with Crippen molar-refractivity contribution in [3.05, 3.63) is 28.0 Å². The molecule has 76 valence electrons. The van der Waals surface area contributed by atoms with E-state index in [1.54, 1.807) is 6.92 Å². The molecule has 0 saturated heterocycles. The first-order valence-electron chi connectivity index (χ1n) is 3.92. The van der Waals surface area contributed by atoms with Gasteiger partial charge in [-0.2, -0.15) is 0 Å². The fraction of sp³-hybridized carbons (Fsp3) is 0.222. The van der Waals surface area contributed by atoms with E-state index >= 15 is 0 Å². The molecule has 0 spiro atoms. The van der Waals surface area contributed by atoms with E-state index in [9.17, 15) is 9.18 Å². The van der Waals surface area contributed by atoms with E-state index in [0.717, 1.165) is 6.07 Å². The third-order valence-corrected chi connectivity index (χ3v) is 2.31. The van der Waals surface area contributed by atoms with Gasteiger partial charge in [0.15, 0.2) is 5.75 Å². The van der Waals surface area contributed by atoms with E-state index < -0.39 is 11.8 Å². The Kier molecular flexibility index (Phi) is 3.46. The molecule has 0 aromatic heterocycles. The van der Waals surface area contributed by atoms with Gasteiger partial charge in [0, 0.05) is 0 Å². The summed E-state index contributed by atoms with van der Waals surface area (Å²) in [5.74, 6) is -1.66. The van der Waals surface area contributed by atoms with Gasteiger partial charge in [0.1, 0.15) is 11.4 Å². The number of hydrogen-bond acceptors (Lipinski definition) is 2. The van der Waals surface area contributed by atoms with Crippen molar-refractivity contribution in [3.8, 4) is 5.75 Å². The van der Waals surface area contributed by atoms with Crippen LogP contribution in [0.1, 0.15) is 17.3 Å². The zero-order valence-corrected chi connectivity index (χ0v) is 8.97. The molecular weight excluding hydrogens is 255 g/mol. The van der Waals surface area contributed by atoms with Gasteiger partial charge < -0.3 is 9.84 Å². The highest BCUT2D eigenvalue weighted by molar-refractivity contribution is 9.10. The monoisotopic (exact) mass is 262 g/mol. The van der Waals surface area contributed by atoms with Crippen LogP contribution in [-0.4, -0.2) is 17.7 Å². The van der Waals surface area contributed by atoms with Gasteiger partial charge in [-0.3, -0.25) is 0 Å². The molecule has 1 aromatic rings. The van der Waals surface area contributed by atoms with Crippen molar-refractivity contribution >= 4 is 21.9 Å². The Morgan fingerprint density at radius 3 is 2.79 bits per heavy atom. The average Bonchev–Trinajstić information content (AvgIpc) is 2.13. The highest BCUT2D eigenvalue weighted by atomic mass is 79.9. The SMILES string of the molecule is CCOc1c(C(=O)O)ccc(F)c1Br. The smallest absolute Gasteiger partial charge is 0.339 e. The van der Waals surface area contributed by atoms with Crippen LogP contribution in [0.25, 0.3) is 0 Å².